The monoisotopic (exact) mass is 1620 g/mol. The maximum absolute atomic E-state index is 5.57. The van der Waals surface area contributed by atoms with Crippen LogP contribution >= 0.6 is 0 Å². The molecule has 127 heavy (non-hydrogen) atoms. The number of allylic oxidation sites excluding steroid dienone is 1. The van der Waals surface area contributed by atoms with Crippen LogP contribution in [0.15, 0.2) is 419 Å². The Labute approximate surface area is 737 Å². The van der Waals surface area contributed by atoms with Crippen LogP contribution in [-0.4, -0.2) is 29.9 Å². The summed E-state index contributed by atoms with van der Waals surface area (Å²) in [5.74, 6) is 4.08. The number of nitrogens with zero attached hydrogens (tertiary/aromatic N) is 8. The van der Waals surface area contributed by atoms with Gasteiger partial charge in [-0.25, -0.2) is 29.9 Å². The first-order valence-electron chi connectivity index (χ1n) is 44.0. The zero-order valence-electron chi connectivity index (χ0n) is 69.7. The van der Waals surface area contributed by atoms with Crippen molar-refractivity contribution >= 4 is 61.7 Å². The van der Waals surface area contributed by atoms with E-state index in [2.05, 4.69) is 417 Å². The minimum Gasteiger partial charge on any atom is -0.310 e. The van der Waals surface area contributed by atoms with E-state index in [-0.39, 0.29) is 0 Å². The van der Waals surface area contributed by atoms with E-state index in [1.54, 1.807) is 0 Å². The zero-order chi connectivity index (χ0) is 83.8. The molecule has 0 saturated heterocycles. The molecule has 4 heterocycles. The molecule has 1 atom stereocenters. The van der Waals surface area contributed by atoms with Gasteiger partial charge in [0.1, 0.15) is 0 Å². The molecule has 8 heteroatoms. The van der Waals surface area contributed by atoms with E-state index >= 15 is 0 Å². The van der Waals surface area contributed by atoms with Gasteiger partial charge in [-0.3, -0.25) is 0 Å². The fourth-order valence-electron chi connectivity index (χ4n) is 21.4. The third-order valence-electron chi connectivity index (χ3n) is 27.2. The Morgan fingerprint density at radius 1 is 0.228 bits per heavy atom. The van der Waals surface area contributed by atoms with E-state index < -0.39 is 10.8 Å². The van der Waals surface area contributed by atoms with E-state index in [4.69, 9.17) is 29.9 Å². The molecule has 18 aromatic carbocycles. The molecule has 596 valence electrons. The fourth-order valence-corrected chi connectivity index (χ4v) is 21.4. The van der Waals surface area contributed by atoms with Crippen molar-refractivity contribution in [3.8, 4) is 102 Å². The summed E-state index contributed by atoms with van der Waals surface area (Å²) in [5, 5.41) is 4.46. The van der Waals surface area contributed by atoms with Crippen LogP contribution in [0.2, 0.25) is 0 Å². The Morgan fingerprint density at radius 3 is 1.10 bits per heavy atom. The average Bonchev–Trinajstić information content (AvgIpc) is 0.682. The molecule has 5 aliphatic rings. The number of anilines is 6. The first-order valence-corrected chi connectivity index (χ1v) is 44.0. The molecular weight excluding hydrogens is 1540 g/mol. The minimum atomic E-state index is -0.851. The van der Waals surface area contributed by atoms with Crippen molar-refractivity contribution in [2.75, 3.05) is 9.80 Å². The lowest BCUT2D eigenvalue weighted by atomic mass is 9.57. The van der Waals surface area contributed by atoms with Crippen LogP contribution in [0.5, 0.6) is 0 Å². The van der Waals surface area contributed by atoms with E-state index in [0.717, 1.165) is 118 Å². The van der Waals surface area contributed by atoms with Crippen LogP contribution in [0.1, 0.15) is 84.8 Å². The molecule has 0 N–H and O–H groups in total. The normalized spacial score (nSPS) is 14.4. The van der Waals surface area contributed by atoms with Gasteiger partial charge in [0.25, 0.3) is 0 Å². The summed E-state index contributed by atoms with van der Waals surface area (Å²) in [6.07, 6.45) is 7.11. The average molecular weight is 1620 g/mol. The van der Waals surface area contributed by atoms with Gasteiger partial charge in [-0.1, -0.05) is 353 Å². The summed E-state index contributed by atoms with van der Waals surface area (Å²) in [5.41, 5.74) is 35.1. The minimum absolute atomic E-state index is 0.425. The van der Waals surface area contributed by atoms with Gasteiger partial charge in [-0.2, -0.15) is 0 Å². The van der Waals surface area contributed by atoms with Gasteiger partial charge in [-0.05, 0) is 237 Å². The SMILES string of the molecule is CC1C=Cc2cccc(N3c4ccccc4C4(c5ccccc5Cc5ccc(-c6nc(-c7ccccc7)nc(-c7ccc8cc(-c9ccc%10c(c9)Cc9ccc(-c%11nc(-c%12ccccc%12)nc(-c%12ccc%13ccccc%13c%12)n%11)cc9C%109c%10ccccc%10N(c%10cc(-c%11ccccc%11)cc(-c%11ccccc%11)c%10)c%10ccccc%109)ccc8c7)n6)cc54)c4ccccc43)c2C1. The van der Waals surface area contributed by atoms with Gasteiger partial charge in [0, 0.05) is 44.8 Å². The number of benzene rings is 18. The van der Waals surface area contributed by atoms with E-state index in [9.17, 15) is 0 Å². The van der Waals surface area contributed by atoms with E-state index in [1.807, 2.05) is 24.3 Å². The summed E-state index contributed by atoms with van der Waals surface area (Å²) < 4.78 is 0. The summed E-state index contributed by atoms with van der Waals surface area (Å²) in [6.45, 7) is 2.32. The summed E-state index contributed by atoms with van der Waals surface area (Å²) in [6, 6.07) is 152. The lowest BCUT2D eigenvalue weighted by Gasteiger charge is -2.49. The molecule has 0 fully saturated rings. The highest BCUT2D eigenvalue weighted by Crippen LogP contribution is 2.64. The quantitative estimate of drug-likeness (QED) is 0.127. The molecule has 0 saturated carbocycles. The number of hydrogen-bond donors (Lipinski definition) is 0. The van der Waals surface area contributed by atoms with Crippen LogP contribution in [0.3, 0.4) is 0 Å². The van der Waals surface area contributed by atoms with Crippen LogP contribution < -0.4 is 9.80 Å². The third kappa shape index (κ3) is 12.0. The molecular formula is C119H80N8. The summed E-state index contributed by atoms with van der Waals surface area (Å²) in [7, 11) is 0. The molecule has 0 bridgehead atoms. The first kappa shape index (κ1) is 73.5. The van der Waals surface area contributed by atoms with Crippen LogP contribution in [0, 0.1) is 5.92 Å². The second-order valence-corrected chi connectivity index (χ2v) is 34.4. The van der Waals surface area contributed by atoms with Gasteiger partial charge in [0.2, 0.25) is 0 Å². The van der Waals surface area contributed by atoms with Crippen LogP contribution in [-0.2, 0) is 30.1 Å². The molecule has 20 aromatic rings. The molecule has 1 unspecified atom stereocenters. The van der Waals surface area contributed by atoms with Crippen molar-refractivity contribution < 1.29 is 0 Å². The molecule has 8 nitrogen and oxygen atoms in total. The van der Waals surface area contributed by atoms with E-state index in [1.165, 1.54) is 95.0 Å². The Hall–Kier alpha value is -16.2. The van der Waals surface area contributed by atoms with Crippen molar-refractivity contribution in [2.24, 2.45) is 5.92 Å². The molecule has 2 aromatic heterocycles. The van der Waals surface area contributed by atoms with Gasteiger partial charge in [-0.15, -0.1) is 0 Å². The van der Waals surface area contributed by atoms with Gasteiger partial charge < -0.3 is 9.80 Å². The second-order valence-electron chi connectivity index (χ2n) is 34.4. The van der Waals surface area contributed by atoms with Crippen LogP contribution in [0.4, 0.5) is 34.1 Å². The maximum atomic E-state index is 5.57. The highest BCUT2D eigenvalue weighted by Gasteiger charge is 2.53. The van der Waals surface area contributed by atoms with Crippen molar-refractivity contribution in [2.45, 2.75) is 37.0 Å². The number of rotatable bonds is 11. The number of hydrogen-bond acceptors (Lipinski definition) is 8. The Kier molecular flexibility index (Phi) is 17.1. The topological polar surface area (TPSA) is 83.8 Å². The van der Waals surface area contributed by atoms with Crippen LogP contribution in [0.25, 0.3) is 129 Å². The van der Waals surface area contributed by atoms with Crippen molar-refractivity contribution in [1.82, 2.24) is 29.9 Å². The van der Waals surface area contributed by atoms with Crippen molar-refractivity contribution in [3.63, 3.8) is 0 Å². The number of para-hydroxylation sites is 4. The summed E-state index contributed by atoms with van der Waals surface area (Å²) >= 11 is 0. The molecule has 0 amide bonds. The number of fused-ring (bicyclic) bond motifs is 19. The molecule has 2 spiro atoms. The lowest BCUT2D eigenvalue weighted by molar-refractivity contribution is 0.690. The predicted molar refractivity (Wildman–Crippen MR) is 518 cm³/mol. The summed E-state index contributed by atoms with van der Waals surface area (Å²) in [4.78, 5) is 37.6. The molecule has 3 aliphatic carbocycles. The van der Waals surface area contributed by atoms with Crippen molar-refractivity contribution in [1.29, 1.82) is 0 Å². The van der Waals surface area contributed by atoms with Gasteiger partial charge >= 0.3 is 0 Å². The smallest absolute Gasteiger partial charge is 0.164 e. The zero-order valence-corrected chi connectivity index (χ0v) is 69.7. The van der Waals surface area contributed by atoms with Crippen molar-refractivity contribution in [3.05, 3.63) is 496 Å². The highest BCUT2D eigenvalue weighted by molar-refractivity contribution is 5.98. The fraction of sp³-hybridized carbons (Fsp3) is 0.0588. The standard InChI is InChI=1S/C119H80N8/c1-75-49-50-79-38-26-48-107(98(79)63-75)127-110-46-24-20-42-103(110)118(104-43-21-25-47-111(104)127)99-39-17-16-37-87(99)68-88-55-59-92(73-105(88)118)116-123-113(81-34-12-5-13-35-81)121-115(125-116)91-58-54-84-64-83(52-53-85(84)66-91)86-61-62-100-96(67-86)69-89-56-60-93(117-122-112(80-32-10-4-11-33-80)120-114(124-117)90-57-51-78-31-14-15-36-82(78)65-90)74-106(89)119(100)101-40-18-22-44-108(101)126(109-45-23-19-41-102(109)119)97-71-94(76-27-6-2-7-28-76)70-95(72-97)77-29-8-3-9-30-77/h2-62,64-67,70-75H,63,68-69H2,1H3. The Balaban J connectivity index is 0.621. The molecule has 0 radical (unpaired) electrons. The Bertz CT molecular complexity index is 7760. The molecule has 25 rings (SSSR count). The van der Waals surface area contributed by atoms with Gasteiger partial charge in [0.05, 0.1) is 33.6 Å². The largest absolute Gasteiger partial charge is 0.310 e. The number of aromatic nitrogens is 6. The lowest BCUT2D eigenvalue weighted by Crippen LogP contribution is -2.41. The van der Waals surface area contributed by atoms with Gasteiger partial charge in [0.15, 0.2) is 34.9 Å². The first-order chi connectivity index (χ1) is 62.8. The second kappa shape index (κ2) is 29.6. The van der Waals surface area contributed by atoms with E-state index in [0.29, 0.717) is 47.3 Å². The highest BCUT2D eigenvalue weighted by atomic mass is 15.2. The Morgan fingerprint density at radius 2 is 0.583 bits per heavy atom. The predicted octanol–water partition coefficient (Wildman–Crippen LogP) is 28.7. The molecule has 2 aliphatic heterocycles. The maximum Gasteiger partial charge on any atom is 0.164 e. The third-order valence-corrected chi connectivity index (χ3v) is 27.2.